The highest BCUT2D eigenvalue weighted by Crippen LogP contribution is 2.23. The van der Waals surface area contributed by atoms with Gasteiger partial charge in [-0.15, -0.1) is 0 Å². The molecule has 112 valence electrons. The van der Waals surface area contributed by atoms with Crippen molar-refractivity contribution < 1.29 is 14.3 Å². The number of rotatable bonds is 4. The zero-order valence-electron chi connectivity index (χ0n) is 11.6. The number of aliphatic hydroxyl groups excluding tert-OH is 1. The predicted octanol–water partition coefficient (Wildman–Crippen LogP) is 2.34. The minimum absolute atomic E-state index is 0.0105. The fourth-order valence-corrected chi connectivity index (χ4v) is 3.18. The molecule has 1 aliphatic carbocycles. The Morgan fingerprint density at radius 2 is 2.10 bits per heavy atom. The molecule has 1 aromatic heterocycles. The quantitative estimate of drug-likeness (QED) is 0.848. The number of thioether (sulfide) groups is 1. The van der Waals surface area contributed by atoms with Crippen LogP contribution in [0, 0.1) is 0 Å². The third-order valence-electron chi connectivity index (χ3n) is 3.66. The third-order valence-corrected chi connectivity index (χ3v) is 4.49. The largest absolute Gasteiger partial charge is 0.431 e. The number of hydrogen-bond acceptors (Lipinski definition) is 5. The summed E-state index contributed by atoms with van der Waals surface area (Å²) in [5.41, 5.74) is 1.54. The van der Waals surface area contributed by atoms with Gasteiger partial charge in [0.05, 0.1) is 11.9 Å². The lowest BCUT2D eigenvalue weighted by atomic mass is 9.93. The van der Waals surface area contributed by atoms with Gasteiger partial charge in [0, 0.05) is 6.04 Å². The first kappa shape index (κ1) is 14.4. The number of carbonyl (C=O) groups excluding carboxylic acids is 1. The van der Waals surface area contributed by atoms with Gasteiger partial charge in [0.2, 0.25) is 5.91 Å². The first-order chi connectivity index (χ1) is 10.2. The van der Waals surface area contributed by atoms with Crippen LogP contribution in [0.5, 0.6) is 0 Å². The highest BCUT2D eigenvalue weighted by molar-refractivity contribution is 7.99. The van der Waals surface area contributed by atoms with E-state index in [1.165, 1.54) is 11.8 Å². The molecule has 1 amide bonds. The van der Waals surface area contributed by atoms with Gasteiger partial charge in [-0.05, 0) is 37.8 Å². The lowest BCUT2D eigenvalue weighted by Crippen LogP contribution is -2.39. The van der Waals surface area contributed by atoms with E-state index in [0.29, 0.717) is 11.0 Å². The van der Waals surface area contributed by atoms with Gasteiger partial charge in [-0.2, -0.15) is 0 Å². The SMILES string of the molecule is O=C(CSc1nc2ccccc2o1)NC1CCC(O)CC1. The van der Waals surface area contributed by atoms with E-state index in [0.717, 1.165) is 36.8 Å². The zero-order valence-corrected chi connectivity index (χ0v) is 12.4. The summed E-state index contributed by atoms with van der Waals surface area (Å²) in [6, 6.07) is 7.73. The number of hydrogen-bond donors (Lipinski definition) is 2. The minimum atomic E-state index is -0.202. The standard InChI is InChI=1S/C15H18N2O3S/c18-11-7-5-10(6-8-11)16-14(19)9-21-15-17-12-3-1-2-4-13(12)20-15/h1-4,10-11,18H,5-9H2,(H,16,19). The Morgan fingerprint density at radius 3 is 2.86 bits per heavy atom. The van der Waals surface area contributed by atoms with Gasteiger partial charge >= 0.3 is 0 Å². The Balaban J connectivity index is 1.49. The van der Waals surface area contributed by atoms with E-state index >= 15 is 0 Å². The smallest absolute Gasteiger partial charge is 0.257 e. The minimum Gasteiger partial charge on any atom is -0.431 e. The summed E-state index contributed by atoms with van der Waals surface area (Å²) in [4.78, 5) is 16.2. The summed E-state index contributed by atoms with van der Waals surface area (Å²) in [5, 5.41) is 13.0. The van der Waals surface area contributed by atoms with Crippen LogP contribution in [-0.2, 0) is 4.79 Å². The van der Waals surface area contributed by atoms with Crippen LogP contribution in [0.2, 0.25) is 0 Å². The van der Waals surface area contributed by atoms with Crippen molar-refractivity contribution in [2.24, 2.45) is 0 Å². The number of fused-ring (bicyclic) bond motifs is 1. The number of nitrogens with one attached hydrogen (secondary N) is 1. The average molecular weight is 306 g/mol. The predicted molar refractivity (Wildman–Crippen MR) is 81.1 cm³/mol. The first-order valence-corrected chi connectivity index (χ1v) is 8.15. The van der Waals surface area contributed by atoms with Crippen molar-refractivity contribution in [3.8, 4) is 0 Å². The molecule has 3 rings (SSSR count). The van der Waals surface area contributed by atoms with Gasteiger partial charge in [-0.3, -0.25) is 4.79 Å². The molecular formula is C15H18N2O3S. The van der Waals surface area contributed by atoms with E-state index in [2.05, 4.69) is 10.3 Å². The van der Waals surface area contributed by atoms with E-state index in [1.807, 2.05) is 24.3 Å². The fraction of sp³-hybridized carbons (Fsp3) is 0.467. The van der Waals surface area contributed by atoms with E-state index in [1.54, 1.807) is 0 Å². The fourth-order valence-electron chi connectivity index (χ4n) is 2.53. The number of oxazole rings is 1. The lowest BCUT2D eigenvalue weighted by molar-refractivity contribution is -0.119. The van der Waals surface area contributed by atoms with Gasteiger partial charge in [-0.1, -0.05) is 23.9 Å². The molecule has 0 unspecified atom stereocenters. The molecule has 1 heterocycles. The molecule has 1 saturated carbocycles. The molecule has 0 atom stereocenters. The maximum Gasteiger partial charge on any atom is 0.257 e. The molecule has 2 N–H and O–H groups in total. The molecule has 0 radical (unpaired) electrons. The average Bonchev–Trinajstić information content (AvgIpc) is 2.90. The number of aliphatic hydroxyl groups is 1. The molecule has 1 aliphatic rings. The van der Waals surface area contributed by atoms with Gasteiger partial charge in [0.25, 0.3) is 5.22 Å². The number of carbonyl (C=O) groups is 1. The lowest BCUT2D eigenvalue weighted by Gasteiger charge is -2.26. The van der Waals surface area contributed by atoms with Gasteiger partial charge in [-0.25, -0.2) is 4.98 Å². The summed E-state index contributed by atoms with van der Waals surface area (Å²) in [7, 11) is 0. The number of aromatic nitrogens is 1. The van der Waals surface area contributed by atoms with E-state index in [-0.39, 0.29) is 18.1 Å². The van der Waals surface area contributed by atoms with Crippen LogP contribution in [0.4, 0.5) is 0 Å². The molecular weight excluding hydrogens is 288 g/mol. The third kappa shape index (κ3) is 3.77. The van der Waals surface area contributed by atoms with E-state index < -0.39 is 0 Å². The summed E-state index contributed by atoms with van der Waals surface area (Å²) in [6.07, 6.45) is 3.03. The van der Waals surface area contributed by atoms with Crippen LogP contribution in [-0.4, -0.2) is 33.9 Å². The van der Waals surface area contributed by atoms with Crippen LogP contribution in [0.15, 0.2) is 33.9 Å². The first-order valence-electron chi connectivity index (χ1n) is 7.16. The van der Waals surface area contributed by atoms with Crippen LogP contribution in [0.1, 0.15) is 25.7 Å². The Morgan fingerprint density at radius 1 is 1.33 bits per heavy atom. The van der Waals surface area contributed by atoms with Crippen LogP contribution >= 0.6 is 11.8 Å². The monoisotopic (exact) mass is 306 g/mol. The summed E-state index contributed by atoms with van der Waals surface area (Å²) < 4.78 is 5.56. The highest BCUT2D eigenvalue weighted by atomic mass is 32.2. The van der Waals surface area contributed by atoms with Crippen LogP contribution in [0.25, 0.3) is 11.1 Å². The molecule has 5 nitrogen and oxygen atoms in total. The second-order valence-corrected chi connectivity index (χ2v) is 6.24. The molecule has 0 spiro atoms. The molecule has 1 fully saturated rings. The van der Waals surface area contributed by atoms with Crippen molar-refractivity contribution >= 4 is 28.8 Å². The van der Waals surface area contributed by atoms with Crippen LogP contribution < -0.4 is 5.32 Å². The molecule has 6 heteroatoms. The Bertz CT molecular complexity index is 587. The van der Waals surface area contributed by atoms with Crippen molar-refractivity contribution in [1.29, 1.82) is 0 Å². The summed E-state index contributed by atoms with van der Waals surface area (Å²) in [6.45, 7) is 0. The summed E-state index contributed by atoms with van der Waals surface area (Å²) in [5.74, 6) is 0.287. The maximum atomic E-state index is 11.9. The molecule has 0 saturated heterocycles. The van der Waals surface area contributed by atoms with Crippen molar-refractivity contribution in [3.63, 3.8) is 0 Å². The normalized spacial score (nSPS) is 22.3. The highest BCUT2D eigenvalue weighted by Gasteiger charge is 2.21. The molecule has 21 heavy (non-hydrogen) atoms. The van der Waals surface area contributed by atoms with Crippen molar-refractivity contribution in [3.05, 3.63) is 24.3 Å². The second kappa shape index (κ2) is 6.49. The van der Waals surface area contributed by atoms with Crippen LogP contribution in [0.3, 0.4) is 0 Å². The van der Waals surface area contributed by atoms with Gasteiger partial charge < -0.3 is 14.8 Å². The van der Waals surface area contributed by atoms with Crippen molar-refractivity contribution in [1.82, 2.24) is 10.3 Å². The maximum absolute atomic E-state index is 11.9. The Labute approximate surface area is 127 Å². The van der Waals surface area contributed by atoms with Gasteiger partial charge in [0.15, 0.2) is 5.58 Å². The van der Waals surface area contributed by atoms with E-state index in [4.69, 9.17) is 4.42 Å². The molecule has 2 aromatic rings. The Kier molecular flexibility index (Phi) is 4.45. The Hall–Kier alpha value is -1.53. The number of benzene rings is 1. The molecule has 1 aromatic carbocycles. The number of nitrogens with zero attached hydrogens (tertiary/aromatic N) is 1. The molecule has 0 aliphatic heterocycles. The topological polar surface area (TPSA) is 75.4 Å². The molecule has 0 bridgehead atoms. The van der Waals surface area contributed by atoms with Gasteiger partial charge in [0.1, 0.15) is 5.52 Å². The second-order valence-electron chi connectivity index (χ2n) is 5.31. The summed E-state index contributed by atoms with van der Waals surface area (Å²) >= 11 is 1.30. The number of para-hydroxylation sites is 2. The van der Waals surface area contributed by atoms with Crippen molar-refractivity contribution in [2.75, 3.05) is 5.75 Å². The van der Waals surface area contributed by atoms with E-state index in [9.17, 15) is 9.90 Å². The number of amides is 1. The van der Waals surface area contributed by atoms with Crippen molar-refractivity contribution in [2.45, 2.75) is 43.1 Å². The zero-order chi connectivity index (χ0) is 14.7.